The van der Waals surface area contributed by atoms with Gasteiger partial charge in [-0.05, 0) is 74.6 Å². The van der Waals surface area contributed by atoms with Crippen LogP contribution in [0, 0.1) is 5.92 Å². The molecule has 2 aliphatic heterocycles. The van der Waals surface area contributed by atoms with Crippen LogP contribution in [0.1, 0.15) is 81.8 Å². The first-order valence-corrected chi connectivity index (χ1v) is 21.6. The van der Waals surface area contributed by atoms with Crippen molar-refractivity contribution >= 4 is 52.3 Å². The quantitative estimate of drug-likeness (QED) is 0.0682. The summed E-state index contributed by atoms with van der Waals surface area (Å²) in [7, 11) is 0. The summed E-state index contributed by atoms with van der Waals surface area (Å²) >= 11 is 0. The number of aromatic nitrogens is 1. The normalized spacial score (nSPS) is 24.0. The van der Waals surface area contributed by atoms with Gasteiger partial charge in [-0.15, -0.1) is 0 Å². The minimum atomic E-state index is -1.46. The first-order chi connectivity index (χ1) is 29.4. The van der Waals surface area contributed by atoms with Gasteiger partial charge in [-0.3, -0.25) is 38.7 Å². The van der Waals surface area contributed by atoms with Crippen LogP contribution in [0.2, 0.25) is 0 Å². The number of carbonyl (C=O) groups excluding carboxylic acids is 6. The second-order valence-corrected chi connectivity index (χ2v) is 16.6. The number of rotatable bonds is 13. The summed E-state index contributed by atoms with van der Waals surface area (Å²) in [6.07, 6.45) is 7.88. The molecule has 3 aliphatic rings. The summed E-state index contributed by atoms with van der Waals surface area (Å²) in [5.74, 6) is -4.17. The van der Waals surface area contributed by atoms with Gasteiger partial charge in [0, 0.05) is 36.6 Å². The van der Waals surface area contributed by atoms with Gasteiger partial charge in [0.25, 0.3) is 5.91 Å². The number of para-hydroxylation sites is 1. The Labute approximate surface area is 356 Å². The number of nitrogens with two attached hydrogens (primary N) is 4. The number of imide groups is 1. The van der Waals surface area contributed by atoms with Gasteiger partial charge in [-0.2, -0.15) is 0 Å². The number of hydrogen-bond donors (Lipinski definition) is 8. The number of H-pyrrole nitrogens is 1. The molecule has 3 aromatic rings. The molecule has 0 unspecified atom stereocenters. The van der Waals surface area contributed by atoms with Crippen LogP contribution >= 0.6 is 0 Å². The number of carbonyl (C=O) groups is 6. The lowest BCUT2D eigenvalue weighted by Crippen LogP contribution is -2.63. The number of guanidine groups is 1. The Morgan fingerprint density at radius 1 is 0.787 bits per heavy atom. The maximum Gasteiger partial charge on any atom is 0.252 e. The zero-order valence-corrected chi connectivity index (χ0v) is 34.7. The maximum atomic E-state index is 15.1. The van der Waals surface area contributed by atoms with Gasteiger partial charge in [-0.1, -0.05) is 80.6 Å². The molecule has 17 heteroatoms. The monoisotopic (exact) mass is 839 g/mol. The third-order valence-electron chi connectivity index (χ3n) is 12.2. The van der Waals surface area contributed by atoms with Crippen LogP contribution in [0.15, 0.2) is 65.8 Å². The van der Waals surface area contributed by atoms with E-state index in [0.29, 0.717) is 19.3 Å². The minimum Gasteiger partial charge on any atom is -0.370 e. The third kappa shape index (κ3) is 11.3. The van der Waals surface area contributed by atoms with Crippen molar-refractivity contribution in [2.45, 2.75) is 120 Å². The molecule has 0 bridgehead atoms. The highest BCUT2D eigenvalue weighted by atomic mass is 16.2. The molecule has 328 valence electrons. The van der Waals surface area contributed by atoms with Gasteiger partial charge in [0.15, 0.2) is 5.96 Å². The topological polar surface area (TPSA) is 277 Å². The fourth-order valence-electron chi connectivity index (χ4n) is 9.02. The molecule has 61 heavy (non-hydrogen) atoms. The van der Waals surface area contributed by atoms with E-state index in [1.54, 1.807) is 30.5 Å². The van der Waals surface area contributed by atoms with E-state index in [1.165, 1.54) is 4.90 Å². The Kier molecular flexibility index (Phi) is 15.5. The highest BCUT2D eigenvalue weighted by Gasteiger charge is 2.46. The number of aliphatic imine (C=N–C) groups is 1. The van der Waals surface area contributed by atoms with Crippen LogP contribution in [0.3, 0.4) is 0 Å². The van der Waals surface area contributed by atoms with Crippen molar-refractivity contribution in [1.29, 1.82) is 0 Å². The summed E-state index contributed by atoms with van der Waals surface area (Å²) in [6.45, 7) is 0.174. The van der Waals surface area contributed by atoms with Gasteiger partial charge >= 0.3 is 0 Å². The van der Waals surface area contributed by atoms with Crippen LogP contribution in [-0.4, -0.2) is 112 Å². The zero-order chi connectivity index (χ0) is 43.5. The number of amides is 6. The van der Waals surface area contributed by atoms with Crippen LogP contribution in [0.25, 0.3) is 10.9 Å². The maximum absolute atomic E-state index is 15.1. The number of fused-ring (bicyclic) bond motifs is 2. The second-order valence-electron chi connectivity index (χ2n) is 16.6. The van der Waals surface area contributed by atoms with Gasteiger partial charge in [0.2, 0.25) is 29.5 Å². The number of benzene rings is 2. The molecule has 6 amide bonds. The summed E-state index contributed by atoms with van der Waals surface area (Å²) < 4.78 is 0. The van der Waals surface area contributed by atoms with E-state index in [2.05, 4.69) is 25.9 Å². The van der Waals surface area contributed by atoms with Crippen molar-refractivity contribution in [1.82, 2.24) is 30.7 Å². The van der Waals surface area contributed by atoms with Gasteiger partial charge < -0.3 is 48.8 Å². The molecule has 1 saturated carbocycles. The molecule has 3 heterocycles. The fourth-order valence-corrected chi connectivity index (χ4v) is 9.02. The van der Waals surface area contributed by atoms with Crippen molar-refractivity contribution in [3.63, 3.8) is 0 Å². The molecule has 12 N–H and O–H groups in total. The second kappa shape index (κ2) is 21.1. The SMILES string of the molecule is NCC[C@H]1C(=O)N2CCC[C@H]2C(=O)N[C@H](CC2CCCCC2)C(=O)N[C@@H](Cc2c[nH]c3ccccc23)C(=O)N[C@H](CCCN=C(N)N)C(=O)N1C(=O)[C@H](N)Cc1ccccc1. The Morgan fingerprint density at radius 2 is 1.48 bits per heavy atom. The number of hydrogen-bond acceptors (Lipinski definition) is 9. The third-order valence-corrected chi connectivity index (χ3v) is 12.2. The predicted octanol–water partition coefficient (Wildman–Crippen LogP) is 0.836. The lowest BCUT2D eigenvalue weighted by molar-refractivity contribution is -0.158. The van der Waals surface area contributed by atoms with Gasteiger partial charge in [0.05, 0.1) is 6.04 Å². The van der Waals surface area contributed by atoms with Crippen LogP contribution < -0.4 is 38.9 Å². The van der Waals surface area contributed by atoms with E-state index in [-0.39, 0.29) is 63.6 Å². The minimum absolute atomic E-state index is 0.0237. The van der Waals surface area contributed by atoms with Crippen molar-refractivity contribution < 1.29 is 28.8 Å². The summed E-state index contributed by atoms with van der Waals surface area (Å²) in [6, 6.07) is 9.22. The number of nitrogens with one attached hydrogen (secondary N) is 4. The molecule has 0 radical (unpaired) electrons. The van der Waals surface area contributed by atoms with Gasteiger partial charge in [-0.25, -0.2) is 0 Å². The Balaban J connectivity index is 1.44. The van der Waals surface area contributed by atoms with E-state index in [9.17, 15) is 24.0 Å². The highest BCUT2D eigenvalue weighted by Crippen LogP contribution is 2.29. The Bertz CT molecular complexity index is 2050. The van der Waals surface area contributed by atoms with Gasteiger partial charge in [0.1, 0.15) is 30.2 Å². The molecule has 6 rings (SSSR count). The average molecular weight is 840 g/mol. The summed E-state index contributed by atoms with van der Waals surface area (Å²) in [4.78, 5) is 97.8. The Morgan fingerprint density at radius 3 is 2.21 bits per heavy atom. The smallest absolute Gasteiger partial charge is 0.252 e. The number of aromatic amines is 1. The largest absolute Gasteiger partial charge is 0.370 e. The van der Waals surface area contributed by atoms with E-state index in [0.717, 1.165) is 59.0 Å². The lowest BCUT2D eigenvalue weighted by atomic mass is 9.84. The van der Waals surface area contributed by atoms with E-state index in [4.69, 9.17) is 22.9 Å². The number of nitrogens with zero attached hydrogens (tertiary/aromatic N) is 3. The van der Waals surface area contributed by atoms with E-state index >= 15 is 4.79 Å². The van der Waals surface area contributed by atoms with Crippen LogP contribution in [-0.2, 0) is 41.6 Å². The summed E-state index contributed by atoms with van der Waals surface area (Å²) in [5, 5.41) is 9.62. The van der Waals surface area contributed by atoms with Crippen molar-refractivity contribution in [3.8, 4) is 0 Å². The Hall–Kier alpha value is -5.81. The molecular formula is C44H61N11O6. The zero-order valence-electron chi connectivity index (χ0n) is 34.7. The molecule has 2 aromatic carbocycles. The molecule has 3 fully saturated rings. The summed E-state index contributed by atoms with van der Waals surface area (Å²) in [5.41, 5.74) is 26.2. The van der Waals surface area contributed by atoms with Crippen molar-refractivity contribution in [2.24, 2.45) is 33.8 Å². The molecule has 1 aliphatic carbocycles. The average Bonchev–Trinajstić information content (AvgIpc) is 3.92. The molecule has 17 nitrogen and oxygen atoms in total. The van der Waals surface area contributed by atoms with Crippen LogP contribution in [0.4, 0.5) is 0 Å². The van der Waals surface area contributed by atoms with E-state index < -0.39 is 71.7 Å². The first-order valence-electron chi connectivity index (χ1n) is 21.6. The molecular weight excluding hydrogens is 779 g/mol. The molecule has 1 aromatic heterocycles. The molecule has 6 atom stereocenters. The molecule has 0 spiro atoms. The first kappa shape index (κ1) is 44.7. The predicted molar refractivity (Wildman–Crippen MR) is 231 cm³/mol. The van der Waals surface area contributed by atoms with Crippen molar-refractivity contribution in [2.75, 3.05) is 19.6 Å². The van der Waals surface area contributed by atoms with E-state index in [1.807, 2.05) is 30.3 Å². The standard InChI is InChI=1S/C44H61N11O6/c45-20-19-37-43(61)54-22-10-18-36(54)40(58)53-34(24-28-13-5-2-6-14-28)38(56)52-35(25-29-26-50-32-16-8-7-15-30(29)32)39(57)51-33(17-9-21-49-44(47)48)42(60)55(37)41(59)31(46)23-27-11-3-1-4-12-27/h1,3-4,7-8,11-12,15-16,26,28,31,33-37,50H,2,5-6,9-10,13-14,17-25,45-46H2,(H,51,57)(H,52,56)(H,53,58)(H4,47,48,49)/t31-,33-,34-,35+,36+,37+/m1/s1. The fraction of sp³-hybridized carbons (Fsp3) is 0.523. The van der Waals surface area contributed by atoms with Crippen molar-refractivity contribution in [3.05, 3.63) is 71.9 Å². The molecule has 2 saturated heterocycles. The highest BCUT2D eigenvalue weighted by molar-refractivity contribution is 6.06. The van der Waals surface area contributed by atoms with Crippen LogP contribution in [0.5, 0.6) is 0 Å². The lowest BCUT2D eigenvalue weighted by Gasteiger charge is -2.37.